The average Bonchev–Trinajstić information content (AvgIpc) is 2.10. The molecule has 1 atom stereocenters. The van der Waals surface area contributed by atoms with Crippen LogP contribution >= 0.6 is 0 Å². The van der Waals surface area contributed by atoms with E-state index in [1.165, 1.54) is 19.3 Å². The van der Waals surface area contributed by atoms with Gasteiger partial charge in [-0.25, -0.2) is 0 Å². The highest BCUT2D eigenvalue weighted by Crippen LogP contribution is 2.15. The van der Waals surface area contributed by atoms with Crippen LogP contribution in [-0.2, 0) is 4.79 Å². The van der Waals surface area contributed by atoms with Crippen LogP contribution in [0.2, 0.25) is 0 Å². The number of Topliss-reactive ketones (excluding diaryl/α,β-unsaturated/α-hetero) is 1. The van der Waals surface area contributed by atoms with Gasteiger partial charge >= 0.3 is 0 Å². The number of unbranched alkanes of at least 4 members (excludes halogenated alkanes) is 1. The Morgan fingerprint density at radius 3 is 2.23 bits per heavy atom. The summed E-state index contributed by atoms with van der Waals surface area (Å²) in [6.07, 6.45) is 5.71. The van der Waals surface area contributed by atoms with E-state index >= 15 is 0 Å². The number of hydrogen-bond donors (Lipinski definition) is 0. The Morgan fingerprint density at radius 2 is 1.77 bits per heavy atom. The third kappa shape index (κ3) is 6.80. The zero-order valence-electron chi connectivity index (χ0n) is 9.60. The molecule has 0 saturated carbocycles. The lowest BCUT2D eigenvalue weighted by atomic mass is 9.95. The summed E-state index contributed by atoms with van der Waals surface area (Å²) in [5, 5.41) is 0. The Morgan fingerprint density at radius 1 is 1.15 bits per heavy atom. The number of ketones is 1. The first-order valence-corrected chi connectivity index (χ1v) is 5.60. The molecule has 0 amide bonds. The molecule has 0 aliphatic heterocycles. The van der Waals surface area contributed by atoms with Crippen LogP contribution in [0.25, 0.3) is 0 Å². The summed E-state index contributed by atoms with van der Waals surface area (Å²) in [4.78, 5) is 11.3. The molecule has 0 aliphatic rings. The van der Waals surface area contributed by atoms with E-state index < -0.39 is 0 Å². The van der Waals surface area contributed by atoms with Crippen molar-refractivity contribution < 1.29 is 4.79 Å². The van der Waals surface area contributed by atoms with Gasteiger partial charge in [-0.15, -0.1) is 0 Å². The van der Waals surface area contributed by atoms with Crippen LogP contribution in [0.15, 0.2) is 0 Å². The summed E-state index contributed by atoms with van der Waals surface area (Å²) in [5.74, 6) is 1.37. The molecule has 0 aromatic heterocycles. The smallest absolute Gasteiger partial charge is 0.135 e. The number of carbonyl (C=O) groups is 1. The second kappa shape index (κ2) is 7.11. The fourth-order valence-electron chi connectivity index (χ4n) is 1.37. The lowest BCUT2D eigenvalue weighted by molar-refractivity contribution is -0.122. The Labute approximate surface area is 82.9 Å². The van der Waals surface area contributed by atoms with Gasteiger partial charge in [-0.3, -0.25) is 4.79 Å². The third-order valence-electron chi connectivity index (χ3n) is 2.58. The monoisotopic (exact) mass is 184 g/mol. The first kappa shape index (κ1) is 12.7. The van der Waals surface area contributed by atoms with E-state index in [-0.39, 0.29) is 5.92 Å². The molecule has 0 spiro atoms. The largest absolute Gasteiger partial charge is 0.299 e. The summed E-state index contributed by atoms with van der Waals surface area (Å²) in [7, 11) is 0. The maximum absolute atomic E-state index is 11.3. The van der Waals surface area contributed by atoms with Crippen molar-refractivity contribution in [1.29, 1.82) is 0 Å². The van der Waals surface area contributed by atoms with Gasteiger partial charge in [0, 0.05) is 12.3 Å². The molecule has 0 aliphatic carbocycles. The van der Waals surface area contributed by atoms with Gasteiger partial charge in [-0.2, -0.15) is 0 Å². The first-order chi connectivity index (χ1) is 6.07. The van der Waals surface area contributed by atoms with E-state index in [9.17, 15) is 4.79 Å². The minimum atomic E-state index is 0.221. The first-order valence-electron chi connectivity index (χ1n) is 5.60. The van der Waals surface area contributed by atoms with Crippen LogP contribution in [0.5, 0.6) is 0 Å². The molecule has 0 aromatic rings. The standard InChI is InChI=1S/C12H24O/c1-5-6-7-11(4)8-9-12(13)10(2)3/h10-11H,5-9H2,1-4H3/t11-/m0/s1. The number of rotatable bonds is 7. The SMILES string of the molecule is CCCC[C@H](C)CCC(=O)C(C)C. The molecule has 0 saturated heterocycles. The molecular formula is C12H24O. The molecule has 0 rings (SSSR count). The quantitative estimate of drug-likeness (QED) is 0.588. The predicted molar refractivity (Wildman–Crippen MR) is 57.8 cm³/mol. The minimum Gasteiger partial charge on any atom is -0.299 e. The van der Waals surface area contributed by atoms with E-state index in [0.717, 1.165) is 18.8 Å². The molecule has 0 bridgehead atoms. The van der Waals surface area contributed by atoms with Crippen molar-refractivity contribution in [3.05, 3.63) is 0 Å². The second-order valence-corrected chi connectivity index (χ2v) is 4.41. The van der Waals surface area contributed by atoms with E-state index in [1.54, 1.807) is 0 Å². The molecule has 0 fully saturated rings. The zero-order valence-corrected chi connectivity index (χ0v) is 9.60. The normalized spacial score (nSPS) is 13.3. The van der Waals surface area contributed by atoms with E-state index in [2.05, 4.69) is 13.8 Å². The number of carbonyl (C=O) groups excluding carboxylic acids is 1. The molecule has 13 heavy (non-hydrogen) atoms. The van der Waals surface area contributed by atoms with Crippen molar-refractivity contribution in [3.63, 3.8) is 0 Å². The third-order valence-corrected chi connectivity index (χ3v) is 2.58. The van der Waals surface area contributed by atoms with Crippen molar-refractivity contribution in [2.24, 2.45) is 11.8 Å². The average molecular weight is 184 g/mol. The predicted octanol–water partition coefficient (Wildman–Crippen LogP) is 3.82. The minimum absolute atomic E-state index is 0.221. The van der Waals surface area contributed by atoms with Crippen LogP contribution in [0, 0.1) is 11.8 Å². The summed E-state index contributed by atoms with van der Waals surface area (Å²) < 4.78 is 0. The lowest BCUT2D eigenvalue weighted by Gasteiger charge is -2.10. The van der Waals surface area contributed by atoms with Crippen LogP contribution in [0.1, 0.15) is 59.8 Å². The molecule has 1 nitrogen and oxygen atoms in total. The van der Waals surface area contributed by atoms with Crippen molar-refractivity contribution in [3.8, 4) is 0 Å². The van der Waals surface area contributed by atoms with Crippen molar-refractivity contribution in [2.45, 2.75) is 59.8 Å². The van der Waals surface area contributed by atoms with Gasteiger partial charge in [-0.1, -0.05) is 47.0 Å². The summed E-state index contributed by atoms with van der Waals surface area (Å²) in [5.41, 5.74) is 0. The van der Waals surface area contributed by atoms with Gasteiger partial charge in [0.2, 0.25) is 0 Å². The van der Waals surface area contributed by atoms with Crippen LogP contribution < -0.4 is 0 Å². The topological polar surface area (TPSA) is 17.1 Å². The van der Waals surface area contributed by atoms with Crippen LogP contribution in [-0.4, -0.2) is 5.78 Å². The summed E-state index contributed by atoms with van der Waals surface area (Å²) >= 11 is 0. The Kier molecular flexibility index (Phi) is 6.93. The lowest BCUT2D eigenvalue weighted by Crippen LogP contribution is -2.08. The molecule has 0 aromatic carbocycles. The highest BCUT2D eigenvalue weighted by atomic mass is 16.1. The molecule has 1 heteroatoms. The van der Waals surface area contributed by atoms with Gasteiger partial charge < -0.3 is 0 Å². The highest BCUT2D eigenvalue weighted by Gasteiger charge is 2.09. The van der Waals surface area contributed by atoms with Crippen LogP contribution in [0.3, 0.4) is 0 Å². The Bertz CT molecular complexity index is 138. The van der Waals surface area contributed by atoms with Gasteiger partial charge in [0.25, 0.3) is 0 Å². The maximum Gasteiger partial charge on any atom is 0.135 e. The van der Waals surface area contributed by atoms with E-state index in [0.29, 0.717) is 5.78 Å². The molecule has 0 radical (unpaired) electrons. The van der Waals surface area contributed by atoms with Crippen molar-refractivity contribution in [2.75, 3.05) is 0 Å². The fourth-order valence-corrected chi connectivity index (χ4v) is 1.37. The van der Waals surface area contributed by atoms with Gasteiger partial charge in [-0.05, 0) is 12.3 Å². The van der Waals surface area contributed by atoms with Crippen LogP contribution in [0.4, 0.5) is 0 Å². The van der Waals surface area contributed by atoms with Crippen molar-refractivity contribution >= 4 is 5.78 Å². The Hall–Kier alpha value is -0.330. The maximum atomic E-state index is 11.3. The fraction of sp³-hybridized carbons (Fsp3) is 0.917. The highest BCUT2D eigenvalue weighted by molar-refractivity contribution is 5.80. The zero-order chi connectivity index (χ0) is 10.3. The van der Waals surface area contributed by atoms with Gasteiger partial charge in [0.05, 0.1) is 0 Å². The summed E-state index contributed by atoms with van der Waals surface area (Å²) in [6.45, 7) is 8.44. The van der Waals surface area contributed by atoms with Gasteiger partial charge in [0.1, 0.15) is 5.78 Å². The molecule has 78 valence electrons. The van der Waals surface area contributed by atoms with Crippen molar-refractivity contribution in [1.82, 2.24) is 0 Å². The molecule has 0 unspecified atom stereocenters. The number of hydrogen-bond acceptors (Lipinski definition) is 1. The molecular weight excluding hydrogens is 160 g/mol. The van der Waals surface area contributed by atoms with E-state index in [1.807, 2.05) is 13.8 Å². The Balaban J connectivity index is 3.46. The van der Waals surface area contributed by atoms with E-state index in [4.69, 9.17) is 0 Å². The molecule has 0 heterocycles. The van der Waals surface area contributed by atoms with Gasteiger partial charge in [0.15, 0.2) is 0 Å². The second-order valence-electron chi connectivity index (χ2n) is 4.41. The molecule has 0 N–H and O–H groups in total. The summed E-state index contributed by atoms with van der Waals surface area (Å²) in [6, 6.07) is 0.